The van der Waals surface area contributed by atoms with E-state index in [1.54, 1.807) is 0 Å². The van der Waals surface area contributed by atoms with Crippen LogP contribution in [0.5, 0.6) is 0 Å². The van der Waals surface area contributed by atoms with E-state index in [2.05, 4.69) is 10.3 Å². The zero-order valence-corrected chi connectivity index (χ0v) is 11.5. The number of fused-ring (bicyclic) bond motifs is 1. The molecule has 6 heteroatoms. The van der Waals surface area contributed by atoms with Crippen molar-refractivity contribution in [1.29, 1.82) is 0 Å². The number of aryl methyl sites for hydroxylation is 1. The predicted octanol–water partition coefficient (Wildman–Crippen LogP) is 1.19. The SMILES string of the molecule is CCc1nc2ccccc2n1CC(=O)N[C@H](C)C(=O)O. The van der Waals surface area contributed by atoms with Crippen LogP contribution in [-0.2, 0) is 22.6 Å². The summed E-state index contributed by atoms with van der Waals surface area (Å²) in [6, 6.07) is 6.67. The Labute approximate surface area is 116 Å². The van der Waals surface area contributed by atoms with Crippen LogP contribution >= 0.6 is 0 Å². The predicted molar refractivity (Wildman–Crippen MR) is 74.4 cm³/mol. The quantitative estimate of drug-likeness (QED) is 0.858. The molecule has 1 heterocycles. The number of carboxylic acid groups (broad SMARTS) is 1. The number of carbonyl (C=O) groups excluding carboxylic acids is 1. The number of hydrogen-bond donors (Lipinski definition) is 2. The smallest absolute Gasteiger partial charge is 0.325 e. The van der Waals surface area contributed by atoms with Gasteiger partial charge in [-0.25, -0.2) is 4.98 Å². The number of benzene rings is 1. The average molecular weight is 275 g/mol. The minimum Gasteiger partial charge on any atom is -0.480 e. The number of amides is 1. The number of carbonyl (C=O) groups is 2. The molecule has 2 rings (SSSR count). The number of nitrogens with zero attached hydrogens (tertiary/aromatic N) is 2. The van der Waals surface area contributed by atoms with E-state index >= 15 is 0 Å². The Morgan fingerprint density at radius 3 is 2.75 bits per heavy atom. The normalized spacial score (nSPS) is 12.3. The summed E-state index contributed by atoms with van der Waals surface area (Å²) in [5.74, 6) is -0.577. The minimum atomic E-state index is -1.05. The molecule has 2 aromatic rings. The van der Waals surface area contributed by atoms with Crippen molar-refractivity contribution in [1.82, 2.24) is 14.9 Å². The lowest BCUT2D eigenvalue weighted by molar-refractivity contribution is -0.141. The topological polar surface area (TPSA) is 84.2 Å². The number of carboxylic acids is 1. The first-order valence-electron chi connectivity index (χ1n) is 6.49. The number of aromatic nitrogens is 2. The highest BCUT2D eigenvalue weighted by Gasteiger charge is 2.16. The molecule has 106 valence electrons. The van der Waals surface area contributed by atoms with Gasteiger partial charge in [0.1, 0.15) is 18.4 Å². The summed E-state index contributed by atoms with van der Waals surface area (Å²) < 4.78 is 1.82. The lowest BCUT2D eigenvalue weighted by Gasteiger charge is -2.11. The van der Waals surface area contributed by atoms with E-state index in [-0.39, 0.29) is 12.5 Å². The first-order chi connectivity index (χ1) is 9.52. The van der Waals surface area contributed by atoms with Gasteiger partial charge in [0.2, 0.25) is 5.91 Å². The number of imidazole rings is 1. The largest absolute Gasteiger partial charge is 0.480 e. The Bertz CT molecular complexity index is 648. The van der Waals surface area contributed by atoms with Crippen LogP contribution in [0.4, 0.5) is 0 Å². The summed E-state index contributed by atoms with van der Waals surface area (Å²) in [4.78, 5) is 27.1. The molecule has 0 aliphatic rings. The van der Waals surface area contributed by atoms with E-state index < -0.39 is 12.0 Å². The highest BCUT2D eigenvalue weighted by molar-refractivity contribution is 5.85. The van der Waals surface area contributed by atoms with E-state index in [4.69, 9.17) is 5.11 Å². The molecule has 1 atom stereocenters. The van der Waals surface area contributed by atoms with Crippen molar-refractivity contribution >= 4 is 22.9 Å². The van der Waals surface area contributed by atoms with Gasteiger partial charge >= 0.3 is 5.97 Å². The van der Waals surface area contributed by atoms with Crippen LogP contribution in [0.1, 0.15) is 19.7 Å². The lowest BCUT2D eigenvalue weighted by Crippen LogP contribution is -2.40. The minimum absolute atomic E-state index is 0.0707. The first kappa shape index (κ1) is 14.0. The summed E-state index contributed by atoms with van der Waals surface area (Å²) >= 11 is 0. The number of rotatable bonds is 5. The molecule has 1 aromatic carbocycles. The van der Waals surface area contributed by atoms with Crippen molar-refractivity contribution in [3.05, 3.63) is 30.1 Å². The third kappa shape index (κ3) is 2.79. The molecule has 0 radical (unpaired) electrons. The Kier molecular flexibility index (Phi) is 4.02. The van der Waals surface area contributed by atoms with Gasteiger partial charge < -0.3 is 15.0 Å². The van der Waals surface area contributed by atoms with Gasteiger partial charge in [0, 0.05) is 6.42 Å². The highest BCUT2D eigenvalue weighted by Crippen LogP contribution is 2.16. The van der Waals surface area contributed by atoms with Crippen LogP contribution in [-0.4, -0.2) is 32.6 Å². The molecular weight excluding hydrogens is 258 g/mol. The van der Waals surface area contributed by atoms with Gasteiger partial charge in [-0.15, -0.1) is 0 Å². The fourth-order valence-corrected chi connectivity index (χ4v) is 2.06. The van der Waals surface area contributed by atoms with E-state index in [1.807, 2.05) is 35.8 Å². The maximum absolute atomic E-state index is 11.9. The van der Waals surface area contributed by atoms with Crippen LogP contribution in [0.15, 0.2) is 24.3 Å². The Balaban J connectivity index is 2.24. The molecule has 0 aliphatic heterocycles. The van der Waals surface area contributed by atoms with E-state index in [9.17, 15) is 9.59 Å². The number of nitrogens with one attached hydrogen (secondary N) is 1. The monoisotopic (exact) mass is 275 g/mol. The van der Waals surface area contributed by atoms with Gasteiger partial charge in [-0.3, -0.25) is 9.59 Å². The van der Waals surface area contributed by atoms with E-state index in [1.165, 1.54) is 6.92 Å². The van der Waals surface area contributed by atoms with Crippen molar-refractivity contribution in [2.24, 2.45) is 0 Å². The lowest BCUT2D eigenvalue weighted by atomic mass is 10.3. The highest BCUT2D eigenvalue weighted by atomic mass is 16.4. The van der Waals surface area contributed by atoms with Crippen molar-refractivity contribution in [2.75, 3.05) is 0 Å². The van der Waals surface area contributed by atoms with Crippen molar-refractivity contribution in [3.8, 4) is 0 Å². The van der Waals surface area contributed by atoms with Gasteiger partial charge in [0.25, 0.3) is 0 Å². The van der Waals surface area contributed by atoms with E-state index in [0.29, 0.717) is 6.42 Å². The third-order valence-corrected chi connectivity index (χ3v) is 3.10. The van der Waals surface area contributed by atoms with Crippen molar-refractivity contribution < 1.29 is 14.7 Å². The summed E-state index contributed by atoms with van der Waals surface area (Å²) in [5, 5.41) is 11.2. The molecule has 1 aromatic heterocycles. The molecule has 0 saturated carbocycles. The Morgan fingerprint density at radius 2 is 2.10 bits per heavy atom. The standard InChI is InChI=1S/C14H17N3O3/c1-3-12-16-10-6-4-5-7-11(10)17(12)8-13(18)15-9(2)14(19)20/h4-7,9H,3,8H2,1-2H3,(H,15,18)(H,19,20)/t9-/m1/s1. The summed E-state index contributed by atoms with van der Waals surface area (Å²) in [7, 11) is 0. The van der Waals surface area contributed by atoms with Gasteiger partial charge in [-0.1, -0.05) is 19.1 Å². The number of para-hydroxylation sites is 2. The Hall–Kier alpha value is -2.37. The van der Waals surface area contributed by atoms with Crippen LogP contribution in [0.2, 0.25) is 0 Å². The molecule has 0 unspecified atom stereocenters. The van der Waals surface area contributed by atoms with Crippen LogP contribution in [0.25, 0.3) is 11.0 Å². The third-order valence-electron chi connectivity index (χ3n) is 3.10. The molecule has 0 saturated heterocycles. The first-order valence-corrected chi connectivity index (χ1v) is 6.49. The second-order valence-corrected chi connectivity index (χ2v) is 4.58. The van der Waals surface area contributed by atoms with Gasteiger partial charge in [-0.2, -0.15) is 0 Å². The second kappa shape index (κ2) is 5.73. The van der Waals surface area contributed by atoms with Crippen molar-refractivity contribution in [3.63, 3.8) is 0 Å². The van der Waals surface area contributed by atoms with Gasteiger partial charge in [-0.05, 0) is 19.1 Å². The van der Waals surface area contributed by atoms with Crippen LogP contribution < -0.4 is 5.32 Å². The summed E-state index contributed by atoms with van der Waals surface area (Å²) in [6.07, 6.45) is 0.705. The molecule has 0 bridgehead atoms. The van der Waals surface area contributed by atoms with Crippen LogP contribution in [0, 0.1) is 0 Å². The van der Waals surface area contributed by atoms with Crippen molar-refractivity contribution in [2.45, 2.75) is 32.9 Å². The van der Waals surface area contributed by atoms with Crippen LogP contribution in [0.3, 0.4) is 0 Å². The molecule has 0 fully saturated rings. The summed E-state index contributed by atoms with van der Waals surface area (Å²) in [5.41, 5.74) is 1.71. The molecule has 0 aliphatic carbocycles. The zero-order valence-electron chi connectivity index (χ0n) is 11.5. The number of aliphatic carboxylic acids is 1. The molecule has 2 N–H and O–H groups in total. The van der Waals surface area contributed by atoms with Gasteiger partial charge in [0.15, 0.2) is 0 Å². The van der Waals surface area contributed by atoms with Gasteiger partial charge in [0.05, 0.1) is 11.0 Å². The molecule has 0 spiro atoms. The molecule has 20 heavy (non-hydrogen) atoms. The zero-order chi connectivity index (χ0) is 14.7. The van der Waals surface area contributed by atoms with E-state index in [0.717, 1.165) is 16.9 Å². The molecule has 6 nitrogen and oxygen atoms in total. The maximum atomic E-state index is 11.9. The number of hydrogen-bond acceptors (Lipinski definition) is 3. The fraction of sp³-hybridized carbons (Fsp3) is 0.357. The molecule has 1 amide bonds. The average Bonchev–Trinajstić information content (AvgIpc) is 2.76. The Morgan fingerprint density at radius 1 is 1.40 bits per heavy atom. The maximum Gasteiger partial charge on any atom is 0.325 e. The molecular formula is C14H17N3O3. The fourth-order valence-electron chi connectivity index (χ4n) is 2.06. The second-order valence-electron chi connectivity index (χ2n) is 4.58. The summed E-state index contributed by atoms with van der Waals surface area (Å²) in [6.45, 7) is 3.48.